The fraction of sp³-hybridized carbons (Fsp3) is 0.286. The van der Waals surface area contributed by atoms with Crippen molar-refractivity contribution in [2.45, 2.75) is 19.4 Å². The van der Waals surface area contributed by atoms with E-state index in [2.05, 4.69) is 12.1 Å². The van der Waals surface area contributed by atoms with Crippen molar-refractivity contribution in [3.63, 3.8) is 0 Å². The zero-order valence-corrected chi connectivity index (χ0v) is 9.60. The number of hydrogen-bond acceptors (Lipinski definition) is 2. The highest BCUT2D eigenvalue weighted by Crippen LogP contribution is 2.28. The molecule has 2 aromatic carbocycles. The summed E-state index contributed by atoms with van der Waals surface area (Å²) in [6.07, 6.45) is 0.254. The first-order chi connectivity index (χ1) is 7.72. The topological polar surface area (TPSA) is 29.5 Å². The lowest BCUT2D eigenvalue weighted by Gasteiger charge is -2.13. The van der Waals surface area contributed by atoms with Gasteiger partial charge in [-0.3, -0.25) is 0 Å². The van der Waals surface area contributed by atoms with E-state index in [1.54, 1.807) is 14.0 Å². The van der Waals surface area contributed by atoms with Crippen molar-refractivity contribution in [2.75, 3.05) is 7.11 Å². The molecular formula is C14H16O2. The van der Waals surface area contributed by atoms with Gasteiger partial charge in [-0.25, -0.2) is 0 Å². The van der Waals surface area contributed by atoms with Crippen LogP contribution in [0.1, 0.15) is 12.5 Å². The molecule has 2 heteroatoms. The summed E-state index contributed by atoms with van der Waals surface area (Å²) in [4.78, 5) is 0. The molecule has 0 saturated carbocycles. The molecule has 2 nitrogen and oxygen atoms in total. The maximum atomic E-state index is 9.53. The SMILES string of the molecule is COc1ccc2ccccc2c1CC(C)O. The molecule has 0 aliphatic carbocycles. The number of ether oxygens (including phenoxy) is 1. The van der Waals surface area contributed by atoms with E-state index in [0.717, 1.165) is 16.7 Å². The minimum Gasteiger partial charge on any atom is -0.496 e. The minimum atomic E-state index is -0.361. The van der Waals surface area contributed by atoms with Gasteiger partial charge in [0.1, 0.15) is 5.75 Å². The quantitative estimate of drug-likeness (QED) is 0.854. The van der Waals surface area contributed by atoms with E-state index in [-0.39, 0.29) is 6.10 Å². The van der Waals surface area contributed by atoms with Gasteiger partial charge in [0.15, 0.2) is 0 Å². The molecule has 2 rings (SSSR count). The lowest BCUT2D eigenvalue weighted by atomic mass is 9.99. The molecule has 0 heterocycles. The van der Waals surface area contributed by atoms with Gasteiger partial charge in [-0.2, -0.15) is 0 Å². The van der Waals surface area contributed by atoms with Crippen molar-refractivity contribution in [2.24, 2.45) is 0 Å². The van der Waals surface area contributed by atoms with Crippen molar-refractivity contribution < 1.29 is 9.84 Å². The standard InChI is InChI=1S/C14H16O2/c1-10(15)9-13-12-6-4-3-5-11(12)7-8-14(13)16-2/h3-8,10,15H,9H2,1-2H3. The molecule has 1 atom stereocenters. The minimum absolute atomic E-state index is 0.361. The van der Waals surface area contributed by atoms with Crippen LogP contribution in [0.5, 0.6) is 5.75 Å². The van der Waals surface area contributed by atoms with E-state index < -0.39 is 0 Å². The molecule has 84 valence electrons. The van der Waals surface area contributed by atoms with Crippen LogP contribution in [0.2, 0.25) is 0 Å². The highest BCUT2D eigenvalue weighted by molar-refractivity contribution is 5.87. The third kappa shape index (κ3) is 2.02. The first-order valence-electron chi connectivity index (χ1n) is 5.45. The van der Waals surface area contributed by atoms with Crippen molar-refractivity contribution in [3.05, 3.63) is 42.0 Å². The van der Waals surface area contributed by atoms with Crippen LogP contribution < -0.4 is 4.74 Å². The summed E-state index contributed by atoms with van der Waals surface area (Å²) in [5.74, 6) is 0.847. The first-order valence-corrected chi connectivity index (χ1v) is 5.45. The van der Waals surface area contributed by atoms with Gasteiger partial charge < -0.3 is 9.84 Å². The average Bonchev–Trinajstić information content (AvgIpc) is 2.29. The van der Waals surface area contributed by atoms with Crippen LogP contribution in [0, 0.1) is 0 Å². The van der Waals surface area contributed by atoms with Crippen LogP contribution in [-0.2, 0) is 6.42 Å². The number of benzene rings is 2. The van der Waals surface area contributed by atoms with Crippen molar-refractivity contribution >= 4 is 10.8 Å². The normalized spacial score (nSPS) is 12.7. The monoisotopic (exact) mass is 216 g/mol. The molecule has 0 aliphatic rings. The smallest absolute Gasteiger partial charge is 0.122 e. The second-order valence-corrected chi connectivity index (χ2v) is 4.02. The Bertz CT molecular complexity index is 489. The predicted molar refractivity (Wildman–Crippen MR) is 65.9 cm³/mol. The molecule has 16 heavy (non-hydrogen) atoms. The summed E-state index contributed by atoms with van der Waals surface area (Å²) in [6, 6.07) is 12.2. The Morgan fingerprint density at radius 3 is 2.62 bits per heavy atom. The summed E-state index contributed by atoms with van der Waals surface area (Å²) in [5.41, 5.74) is 1.08. The molecule has 0 aromatic heterocycles. The molecule has 0 radical (unpaired) electrons. The molecule has 1 N–H and O–H groups in total. The Balaban J connectivity index is 2.63. The molecule has 0 amide bonds. The highest BCUT2D eigenvalue weighted by atomic mass is 16.5. The van der Waals surface area contributed by atoms with Gasteiger partial charge in [-0.1, -0.05) is 30.3 Å². The first kappa shape index (κ1) is 11.0. The zero-order chi connectivity index (χ0) is 11.5. The molecule has 0 fully saturated rings. The molecule has 2 aromatic rings. The number of rotatable bonds is 3. The predicted octanol–water partition coefficient (Wildman–Crippen LogP) is 2.77. The number of hydrogen-bond donors (Lipinski definition) is 1. The Hall–Kier alpha value is -1.54. The number of methoxy groups -OCH3 is 1. The lowest BCUT2D eigenvalue weighted by molar-refractivity contribution is 0.194. The van der Waals surface area contributed by atoms with E-state index in [4.69, 9.17) is 4.74 Å². The van der Waals surface area contributed by atoms with Crippen molar-refractivity contribution in [3.8, 4) is 5.75 Å². The summed E-state index contributed by atoms with van der Waals surface area (Å²) >= 11 is 0. The van der Waals surface area contributed by atoms with Gasteiger partial charge in [0, 0.05) is 12.0 Å². The highest BCUT2D eigenvalue weighted by Gasteiger charge is 2.10. The van der Waals surface area contributed by atoms with Gasteiger partial charge in [-0.15, -0.1) is 0 Å². The van der Waals surface area contributed by atoms with Crippen molar-refractivity contribution in [1.82, 2.24) is 0 Å². The third-order valence-electron chi connectivity index (χ3n) is 2.72. The fourth-order valence-electron chi connectivity index (χ4n) is 2.01. The lowest BCUT2D eigenvalue weighted by Crippen LogP contribution is -2.06. The molecule has 1 unspecified atom stereocenters. The Morgan fingerprint density at radius 2 is 1.94 bits per heavy atom. The largest absolute Gasteiger partial charge is 0.496 e. The fourth-order valence-corrected chi connectivity index (χ4v) is 2.01. The van der Waals surface area contributed by atoms with Gasteiger partial charge in [0.05, 0.1) is 13.2 Å². The molecule has 0 aliphatic heterocycles. The summed E-state index contributed by atoms with van der Waals surface area (Å²) in [6.45, 7) is 1.79. The molecule has 0 saturated heterocycles. The molecular weight excluding hydrogens is 200 g/mol. The Morgan fingerprint density at radius 1 is 1.19 bits per heavy atom. The van der Waals surface area contributed by atoms with E-state index >= 15 is 0 Å². The Labute approximate surface area is 95.5 Å². The van der Waals surface area contributed by atoms with E-state index in [1.165, 1.54) is 5.39 Å². The maximum absolute atomic E-state index is 9.53. The van der Waals surface area contributed by atoms with Crippen LogP contribution in [-0.4, -0.2) is 18.3 Å². The maximum Gasteiger partial charge on any atom is 0.122 e. The van der Waals surface area contributed by atoms with Gasteiger partial charge >= 0.3 is 0 Å². The van der Waals surface area contributed by atoms with E-state index in [9.17, 15) is 5.11 Å². The summed E-state index contributed by atoms with van der Waals surface area (Å²) in [7, 11) is 1.66. The third-order valence-corrected chi connectivity index (χ3v) is 2.72. The Kier molecular flexibility index (Phi) is 3.11. The van der Waals surface area contributed by atoms with Crippen molar-refractivity contribution in [1.29, 1.82) is 0 Å². The van der Waals surface area contributed by atoms with Crippen LogP contribution in [0.25, 0.3) is 10.8 Å². The second kappa shape index (κ2) is 4.54. The van der Waals surface area contributed by atoms with Gasteiger partial charge in [-0.05, 0) is 23.8 Å². The van der Waals surface area contributed by atoms with Crippen LogP contribution in [0.15, 0.2) is 36.4 Å². The van der Waals surface area contributed by atoms with Crippen LogP contribution in [0.3, 0.4) is 0 Å². The average molecular weight is 216 g/mol. The van der Waals surface area contributed by atoms with E-state index in [0.29, 0.717) is 6.42 Å². The van der Waals surface area contributed by atoms with E-state index in [1.807, 2.05) is 24.3 Å². The summed E-state index contributed by atoms with van der Waals surface area (Å²) in [5, 5.41) is 11.9. The zero-order valence-electron chi connectivity index (χ0n) is 9.60. The summed E-state index contributed by atoms with van der Waals surface area (Å²) < 4.78 is 5.34. The number of fused-ring (bicyclic) bond motifs is 1. The second-order valence-electron chi connectivity index (χ2n) is 4.02. The number of aliphatic hydroxyl groups excluding tert-OH is 1. The van der Waals surface area contributed by atoms with Gasteiger partial charge in [0.2, 0.25) is 0 Å². The van der Waals surface area contributed by atoms with Crippen LogP contribution in [0.4, 0.5) is 0 Å². The van der Waals surface area contributed by atoms with Crippen LogP contribution >= 0.6 is 0 Å². The van der Waals surface area contributed by atoms with Gasteiger partial charge in [0.25, 0.3) is 0 Å². The molecule has 0 spiro atoms. The molecule has 0 bridgehead atoms. The number of aliphatic hydroxyl groups is 1.